The molecule has 0 aromatic heterocycles. The Bertz CT molecular complexity index is 327. The molecule has 19 heavy (non-hydrogen) atoms. The third-order valence-electron chi connectivity index (χ3n) is 2.57. The van der Waals surface area contributed by atoms with E-state index in [2.05, 4.69) is 23.9 Å². The second kappa shape index (κ2) is 11.7. The molecule has 0 saturated carbocycles. The number of carbonyl (C=O) groups is 1. The quantitative estimate of drug-likeness (QED) is 0.612. The molecule has 1 aromatic rings. The van der Waals surface area contributed by atoms with Crippen LogP contribution < -0.4 is 5.32 Å². The topological polar surface area (TPSA) is 58.6 Å². The Morgan fingerprint density at radius 1 is 1.37 bits per heavy atom. The van der Waals surface area contributed by atoms with Gasteiger partial charge in [0.1, 0.15) is 0 Å². The number of nitrogens with one attached hydrogen (secondary N) is 1. The van der Waals surface area contributed by atoms with Crippen molar-refractivity contribution in [2.75, 3.05) is 26.8 Å². The van der Waals surface area contributed by atoms with Gasteiger partial charge in [-0.1, -0.05) is 32.0 Å². The lowest BCUT2D eigenvalue weighted by Gasteiger charge is -2.06. The van der Waals surface area contributed by atoms with Crippen molar-refractivity contribution in [3.8, 4) is 0 Å². The highest BCUT2D eigenvalue weighted by Gasteiger charge is 2.00. The molecule has 0 bridgehead atoms. The molecular formula is C15H25NO3. The number of methoxy groups -OCH3 is 1. The normalized spacial score (nSPS) is 11.2. The molecule has 4 heteroatoms. The molecule has 0 amide bonds. The van der Waals surface area contributed by atoms with E-state index in [0.29, 0.717) is 18.1 Å². The van der Waals surface area contributed by atoms with Crippen LogP contribution in [-0.2, 0) is 4.74 Å². The fraction of sp³-hybridized carbons (Fsp3) is 0.533. The minimum absolute atomic E-state index is 0.291. The maximum absolute atomic E-state index is 10.8. The van der Waals surface area contributed by atoms with Crippen LogP contribution in [0.4, 0.5) is 0 Å². The zero-order chi connectivity index (χ0) is 14.5. The first-order valence-electron chi connectivity index (χ1n) is 6.60. The monoisotopic (exact) mass is 267 g/mol. The van der Waals surface area contributed by atoms with Gasteiger partial charge in [0.05, 0.1) is 12.7 Å². The van der Waals surface area contributed by atoms with E-state index in [-0.39, 0.29) is 5.97 Å². The van der Waals surface area contributed by atoms with Crippen LogP contribution in [0.5, 0.6) is 0 Å². The first-order valence-corrected chi connectivity index (χ1v) is 6.60. The first kappa shape index (κ1) is 17.6. The summed E-state index contributed by atoms with van der Waals surface area (Å²) < 4.78 is 4.50. The fourth-order valence-corrected chi connectivity index (χ4v) is 1.31. The van der Waals surface area contributed by atoms with Crippen molar-refractivity contribution in [2.24, 2.45) is 5.92 Å². The number of benzene rings is 1. The van der Waals surface area contributed by atoms with E-state index in [1.807, 2.05) is 6.07 Å². The Morgan fingerprint density at radius 3 is 2.47 bits per heavy atom. The molecule has 2 N–H and O–H groups in total. The van der Waals surface area contributed by atoms with Crippen molar-refractivity contribution in [1.29, 1.82) is 0 Å². The minimum atomic E-state index is -0.291. The Kier molecular flexibility index (Phi) is 10.8. The predicted molar refractivity (Wildman–Crippen MR) is 77.2 cm³/mol. The Balaban J connectivity index is 0.000000344. The van der Waals surface area contributed by atoms with Gasteiger partial charge in [-0.25, -0.2) is 4.79 Å². The highest BCUT2D eigenvalue weighted by atomic mass is 16.5. The Morgan fingerprint density at radius 2 is 2.00 bits per heavy atom. The highest BCUT2D eigenvalue weighted by molar-refractivity contribution is 5.89. The largest absolute Gasteiger partial charge is 0.465 e. The van der Waals surface area contributed by atoms with Crippen LogP contribution in [0.15, 0.2) is 30.3 Å². The van der Waals surface area contributed by atoms with Crippen molar-refractivity contribution < 1.29 is 14.6 Å². The van der Waals surface area contributed by atoms with E-state index >= 15 is 0 Å². The van der Waals surface area contributed by atoms with E-state index in [9.17, 15) is 4.79 Å². The molecule has 1 unspecified atom stereocenters. The van der Waals surface area contributed by atoms with Gasteiger partial charge in [-0.3, -0.25) is 0 Å². The lowest BCUT2D eigenvalue weighted by Crippen LogP contribution is -2.17. The zero-order valence-electron chi connectivity index (χ0n) is 12.1. The van der Waals surface area contributed by atoms with Crippen LogP contribution in [0, 0.1) is 5.92 Å². The molecule has 0 fully saturated rings. The molecule has 1 rings (SSSR count). The molecule has 1 atom stereocenters. The molecule has 0 saturated heterocycles. The molecule has 0 spiro atoms. The standard InChI is InChI=1S/C8H8O2.C7H17NO/c1-10-8(9)7-5-3-2-4-6-7;1-3-8-5-4-7(2)6-9/h2-6H,1H3;7-9H,3-6H2,1-2H3. The van der Waals surface area contributed by atoms with Crippen LogP contribution >= 0.6 is 0 Å². The molecule has 1 aromatic carbocycles. The van der Waals surface area contributed by atoms with Gasteiger partial charge >= 0.3 is 5.97 Å². The van der Waals surface area contributed by atoms with E-state index in [4.69, 9.17) is 5.11 Å². The van der Waals surface area contributed by atoms with Crippen LogP contribution in [0.3, 0.4) is 0 Å². The smallest absolute Gasteiger partial charge is 0.337 e. The number of aliphatic hydroxyl groups is 1. The summed E-state index contributed by atoms with van der Waals surface area (Å²) in [5.74, 6) is 0.157. The number of ether oxygens (including phenoxy) is 1. The maximum atomic E-state index is 10.8. The average molecular weight is 267 g/mol. The first-order chi connectivity index (χ1) is 9.15. The molecule has 4 nitrogen and oxygen atoms in total. The summed E-state index contributed by atoms with van der Waals surface area (Å²) in [6, 6.07) is 8.88. The predicted octanol–water partition coefficient (Wildman–Crippen LogP) is 2.09. The summed E-state index contributed by atoms with van der Waals surface area (Å²) in [4.78, 5) is 10.8. The third kappa shape index (κ3) is 9.22. The molecule has 0 radical (unpaired) electrons. The van der Waals surface area contributed by atoms with Gasteiger partial charge in [0.2, 0.25) is 0 Å². The molecule has 108 valence electrons. The highest BCUT2D eigenvalue weighted by Crippen LogP contribution is 1.99. The lowest BCUT2D eigenvalue weighted by molar-refractivity contribution is 0.0600. The second-order valence-electron chi connectivity index (χ2n) is 4.29. The van der Waals surface area contributed by atoms with Crippen molar-refractivity contribution in [3.63, 3.8) is 0 Å². The SMILES string of the molecule is CCNCCC(C)CO.COC(=O)c1ccccc1. The number of esters is 1. The second-order valence-corrected chi connectivity index (χ2v) is 4.29. The average Bonchev–Trinajstić information content (AvgIpc) is 2.48. The number of hydrogen-bond acceptors (Lipinski definition) is 4. The van der Waals surface area contributed by atoms with Crippen molar-refractivity contribution in [2.45, 2.75) is 20.3 Å². The van der Waals surface area contributed by atoms with E-state index in [1.165, 1.54) is 7.11 Å². The van der Waals surface area contributed by atoms with Gasteiger partial charge in [-0.05, 0) is 37.6 Å². The number of hydrogen-bond donors (Lipinski definition) is 2. The van der Waals surface area contributed by atoms with Gasteiger partial charge in [0.15, 0.2) is 0 Å². The maximum Gasteiger partial charge on any atom is 0.337 e. The molecule has 0 aliphatic rings. The third-order valence-corrected chi connectivity index (χ3v) is 2.57. The van der Waals surface area contributed by atoms with E-state index < -0.39 is 0 Å². The van der Waals surface area contributed by atoms with Crippen LogP contribution in [0.2, 0.25) is 0 Å². The summed E-state index contributed by atoms with van der Waals surface area (Å²) in [6.07, 6.45) is 1.07. The minimum Gasteiger partial charge on any atom is -0.465 e. The lowest BCUT2D eigenvalue weighted by atomic mass is 10.1. The van der Waals surface area contributed by atoms with Gasteiger partial charge in [0, 0.05) is 6.61 Å². The zero-order valence-corrected chi connectivity index (χ0v) is 12.1. The van der Waals surface area contributed by atoms with Crippen LogP contribution in [0.1, 0.15) is 30.6 Å². The fourth-order valence-electron chi connectivity index (χ4n) is 1.31. The molecule has 0 aliphatic carbocycles. The Hall–Kier alpha value is -1.39. The van der Waals surface area contributed by atoms with Gasteiger partial charge in [-0.15, -0.1) is 0 Å². The van der Waals surface area contributed by atoms with Gasteiger partial charge in [0.25, 0.3) is 0 Å². The summed E-state index contributed by atoms with van der Waals surface area (Å²) >= 11 is 0. The summed E-state index contributed by atoms with van der Waals surface area (Å²) in [6.45, 7) is 6.50. The molecular weight excluding hydrogens is 242 g/mol. The number of carbonyl (C=O) groups excluding carboxylic acids is 1. The number of rotatable bonds is 6. The van der Waals surface area contributed by atoms with E-state index in [1.54, 1.807) is 24.3 Å². The van der Waals surface area contributed by atoms with Crippen molar-refractivity contribution in [1.82, 2.24) is 5.32 Å². The summed E-state index contributed by atoms with van der Waals surface area (Å²) in [5, 5.41) is 11.8. The van der Waals surface area contributed by atoms with Crippen LogP contribution in [-0.4, -0.2) is 37.9 Å². The van der Waals surface area contributed by atoms with Gasteiger partial charge in [-0.2, -0.15) is 0 Å². The van der Waals surface area contributed by atoms with E-state index in [0.717, 1.165) is 19.5 Å². The summed E-state index contributed by atoms with van der Waals surface area (Å²) in [5.41, 5.74) is 0.588. The summed E-state index contributed by atoms with van der Waals surface area (Å²) in [7, 11) is 1.37. The van der Waals surface area contributed by atoms with Gasteiger partial charge < -0.3 is 15.2 Å². The molecule has 0 heterocycles. The molecule has 0 aliphatic heterocycles. The number of aliphatic hydroxyl groups excluding tert-OH is 1. The Labute approximate surface area is 115 Å². The van der Waals surface area contributed by atoms with Crippen LogP contribution in [0.25, 0.3) is 0 Å². The van der Waals surface area contributed by atoms with Crippen molar-refractivity contribution in [3.05, 3.63) is 35.9 Å². The van der Waals surface area contributed by atoms with Crippen molar-refractivity contribution >= 4 is 5.97 Å².